The molecule has 0 aromatic rings. The maximum absolute atomic E-state index is 11.6. The van der Waals surface area contributed by atoms with Crippen molar-refractivity contribution in [3.05, 3.63) is 0 Å². The highest BCUT2D eigenvalue weighted by molar-refractivity contribution is 5.84. The minimum absolute atomic E-state index is 0.0152. The molecule has 0 spiro atoms. The van der Waals surface area contributed by atoms with E-state index in [4.69, 9.17) is 5.73 Å². The molecular formula is C15H27N3O2. The van der Waals surface area contributed by atoms with E-state index >= 15 is 0 Å². The quantitative estimate of drug-likeness (QED) is 0.619. The first-order valence-corrected chi connectivity index (χ1v) is 7.94. The molecule has 114 valence electrons. The van der Waals surface area contributed by atoms with E-state index in [0.717, 1.165) is 6.42 Å². The third kappa shape index (κ3) is 5.49. The van der Waals surface area contributed by atoms with Crippen molar-refractivity contribution in [2.75, 3.05) is 13.1 Å². The fourth-order valence-corrected chi connectivity index (χ4v) is 2.89. The molecular weight excluding hydrogens is 254 g/mol. The smallest absolute Gasteiger partial charge is 0.239 e. The van der Waals surface area contributed by atoms with Gasteiger partial charge in [-0.3, -0.25) is 9.59 Å². The SMILES string of the molecule is NC(CNC(=O)CNC(=O)CCC1CCCC1)C1CC1. The van der Waals surface area contributed by atoms with E-state index in [2.05, 4.69) is 10.6 Å². The summed E-state index contributed by atoms with van der Waals surface area (Å²) in [5, 5.41) is 5.46. The number of nitrogens with two attached hydrogens (primary N) is 1. The second kappa shape index (κ2) is 7.62. The van der Waals surface area contributed by atoms with Crippen LogP contribution >= 0.6 is 0 Å². The van der Waals surface area contributed by atoms with Gasteiger partial charge in [-0.25, -0.2) is 0 Å². The Hall–Kier alpha value is -1.10. The van der Waals surface area contributed by atoms with Gasteiger partial charge >= 0.3 is 0 Å². The number of amides is 2. The van der Waals surface area contributed by atoms with Gasteiger partial charge in [0.1, 0.15) is 0 Å². The van der Waals surface area contributed by atoms with Crippen molar-refractivity contribution in [3.63, 3.8) is 0 Å². The van der Waals surface area contributed by atoms with Crippen molar-refractivity contribution >= 4 is 11.8 Å². The number of hydrogen-bond acceptors (Lipinski definition) is 3. The Labute approximate surface area is 121 Å². The molecule has 1 unspecified atom stereocenters. The lowest BCUT2D eigenvalue weighted by Crippen LogP contribution is -2.43. The largest absolute Gasteiger partial charge is 0.353 e. The van der Waals surface area contributed by atoms with Crippen molar-refractivity contribution in [2.24, 2.45) is 17.6 Å². The summed E-state index contributed by atoms with van der Waals surface area (Å²) >= 11 is 0. The predicted molar refractivity (Wildman–Crippen MR) is 77.9 cm³/mol. The summed E-state index contributed by atoms with van der Waals surface area (Å²) in [6, 6.07) is 0.0667. The van der Waals surface area contributed by atoms with Crippen molar-refractivity contribution in [1.29, 1.82) is 0 Å². The average Bonchev–Trinajstić information content (AvgIpc) is 3.17. The molecule has 0 radical (unpaired) electrons. The van der Waals surface area contributed by atoms with Gasteiger partial charge in [0, 0.05) is 19.0 Å². The van der Waals surface area contributed by atoms with Crippen LogP contribution in [0.25, 0.3) is 0 Å². The zero-order valence-corrected chi connectivity index (χ0v) is 12.2. The van der Waals surface area contributed by atoms with Crippen LogP contribution in [-0.2, 0) is 9.59 Å². The fourth-order valence-electron chi connectivity index (χ4n) is 2.89. The molecule has 0 aliphatic heterocycles. The number of rotatable bonds is 8. The van der Waals surface area contributed by atoms with Gasteiger partial charge in [-0.15, -0.1) is 0 Å². The van der Waals surface area contributed by atoms with Gasteiger partial charge in [0.15, 0.2) is 0 Å². The first-order valence-electron chi connectivity index (χ1n) is 7.94. The predicted octanol–water partition coefficient (Wildman–Crippen LogP) is 0.926. The molecule has 2 saturated carbocycles. The van der Waals surface area contributed by atoms with Crippen LogP contribution in [0, 0.1) is 11.8 Å². The van der Waals surface area contributed by atoms with Gasteiger partial charge in [0.2, 0.25) is 11.8 Å². The van der Waals surface area contributed by atoms with Gasteiger partial charge in [0.25, 0.3) is 0 Å². The van der Waals surface area contributed by atoms with E-state index in [1.165, 1.54) is 38.5 Å². The van der Waals surface area contributed by atoms with Crippen LogP contribution in [0.5, 0.6) is 0 Å². The van der Waals surface area contributed by atoms with Crippen LogP contribution in [0.15, 0.2) is 0 Å². The van der Waals surface area contributed by atoms with Gasteiger partial charge in [-0.05, 0) is 31.1 Å². The lowest BCUT2D eigenvalue weighted by molar-refractivity contribution is -0.126. The van der Waals surface area contributed by atoms with Gasteiger partial charge in [-0.1, -0.05) is 25.7 Å². The summed E-state index contributed by atoms with van der Waals surface area (Å²) in [6.45, 7) is 0.586. The summed E-state index contributed by atoms with van der Waals surface area (Å²) in [6.07, 6.45) is 8.97. The maximum atomic E-state index is 11.6. The minimum Gasteiger partial charge on any atom is -0.353 e. The van der Waals surface area contributed by atoms with Gasteiger partial charge in [0.05, 0.1) is 6.54 Å². The molecule has 0 bridgehead atoms. The Morgan fingerprint density at radius 1 is 1.05 bits per heavy atom. The van der Waals surface area contributed by atoms with Crippen molar-refractivity contribution < 1.29 is 9.59 Å². The molecule has 0 aromatic carbocycles. The highest BCUT2D eigenvalue weighted by atomic mass is 16.2. The topological polar surface area (TPSA) is 84.2 Å². The van der Waals surface area contributed by atoms with Crippen LogP contribution in [0.4, 0.5) is 0 Å². The minimum atomic E-state index is -0.143. The Kier molecular flexibility index (Phi) is 5.83. The van der Waals surface area contributed by atoms with E-state index in [1.54, 1.807) is 0 Å². The molecule has 2 rings (SSSR count). The first-order chi connectivity index (χ1) is 9.65. The zero-order valence-electron chi connectivity index (χ0n) is 12.2. The first kappa shape index (κ1) is 15.3. The van der Waals surface area contributed by atoms with E-state index in [1.807, 2.05) is 0 Å². The van der Waals surface area contributed by atoms with Crippen molar-refractivity contribution in [3.8, 4) is 0 Å². The van der Waals surface area contributed by atoms with Crippen molar-refractivity contribution in [2.45, 2.75) is 57.4 Å². The molecule has 2 aliphatic rings. The monoisotopic (exact) mass is 281 g/mol. The zero-order chi connectivity index (χ0) is 14.4. The number of nitrogens with one attached hydrogen (secondary N) is 2. The molecule has 0 saturated heterocycles. The van der Waals surface area contributed by atoms with E-state index in [0.29, 0.717) is 24.8 Å². The van der Waals surface area contributed by atoms with E-state index in [9.17, 15) is 9.59 Å². The lowest BCUT2D eigenvalue weighted by atomic mass is 10.0. The summed E-state index contributed by atoms with van der Waals surface area (Å²) < 4.78 is 0. The third-order valence-electron chi connectivity index (χ3n) is 4.46. The van der Waals surface area contributed by atoms with Crippen LogP contribution in [0.1, 0.15) is 51.4 Å². The molecule has 5 nitrogen and oxygen atoms in total. The van der Waals surface area contributed by atoms with Crippen LogP contribution in [0.3, 0.4) is 0 Å². The summed E-state index contributed by atoms with van der Waals surface area (Å²) in [5.74, 6) is 1.14. The highest BCUT2D eigenvalue weighted by Gasteiger charge is 2.28. The Morgan fingerprint density at radius 2 is 1.75 bits per heavy atom. The van der Waals surface area contributed by atoms with Crippen LogP contribution < -0.4 is 16.4 Å². The number of hydrogen-bond donors (Lipinski definition) is 3. The Morgan fingerprint density at radius 3 is 2.40 bits per heavy atom. The lowest BCUT2D eigenvalue weighted by Gasteiger charge is -2.12. The molecule has 0 heterocycles. The molecule has 0 aromatic heterocycles. The van der Waals surface area contributed by atoms with Crippen molar-refractivity contribution in [1.82, 2.24) is 10.6 Å². The number of carbonyl (C=O) groups is 2. The molecule has 2 amide bonds. The summed E-state index contributed by atoms with van der Waals surface area (Å²) in [7, 11) is 0. The summed E-state index contributed by atoms with van der Waals surface area (Å²) in [4.78, 5) is 23.2. The second-order valence-corrected chi connectivity index (χ2v) is 6.27. The second-order valence-electron chi connectivity index (χ2n) is 6.27. The number of carbonyl (C=O) groups excluding carboxylic acids is 2. The molecule has 2 aliphatic carbocycles. The normalized spacial score (nSPS) is 20.6. The molecule has 1 atom stereocenters. The highest BCUT2D eigenvalue weighted by Crippen LogP contribution is 2.31. The Bertz CT molecular complexity index is 318. The van der Waals surface area contributed by atoms with E-state index < -0.39 is 0 Å². The third-order valence-corrected chi connectivity index (χ3v) is 4.46. The molecule has 2 fully saturated rings. The standard InChI is InChI=1S/C15H27N3O2/c16-13(12-6-7-12)9-17-15(20)10-18-14(19)8-5-11-3-1-2-4-11/h11-13H,1-10,16H2,(H,17,20)(H,18,19). The van der Waals surface area contributed by atoms with E-state index in [-0.39, 0.29) is 24.4 Å². The molecule has 5 heteroatoms. The average molecular weight is 281 g/mol. The van der Waals surface area contributed by atoms with Crippen LogP contribution in [0.2, 0.25) is 0 Å². The maximum Gasteiger partial charge on any atom is 0.239 e. The molecule has 20 heavy (non-hydrogen) atoms. The summed E-state index contributed by atoms with van der Waals surface area (Å²) in [5.41, 5.74) is 5.90. The van der Waals surface area contributed by atoms with Crippen LogP contribution in [-0.4, -0.2) is 30.9 Å². The van der Waals surface area contributed by atoms with Gasteiger partial charge < -0.3 is 16.4 Å². The van der Waals surface area contributed by atoms with Gasteiger partial charge in [-0.2, -0.15) is 0 Å². The molecule has 4 N–H and O–H groups in total. The fraction of sp³-hybridized carbons (Fsp3) is 0.867. The Balaban J connectivity index is 1.49.